The van der Waals surface area contributed by atoms with Crippen molar-refractivity contribution in [2.45, 2.75) is 32.1 Å². The SMILES string of the molecule is O=P1(N(CCN(Pc2ccccc2-c2ccccc2O)P2(=O)OC3=CCCC=C3c3ccccc32)Pc2ccccc2C2=CCC=CC=C2O)OC2=CCCC=C2c2ccccc21. The molecule has 5 aliphatic rings. The molecule has 4 unspecified atom stereocenters. The lowest BCUT2D eigenvalue weighted by molar-refractivity contribution is 0.366. The number of hydrogen-bond acceptors (Lipinski definition) is 6. The average Bonchev–Trinajstić information content (AvgIpc) is 3.54. The fourth-order valence-corrected chi connectivity index (χ4v) is 17.4. The zero-order valence-electron chi connectivity index (χ0n) is 34.4. The van der Waals surface area contributed by atoms with Gasteiger partial charge in [0, 0.05) is 46.5 Å². The minimum atomic E-state index is -3.89. The maximum atomic E-state index is 16.3. The molecule has 3 aliphatic carbocycles. The number of phenols is 1. The lowest BCUT2D eigenvalue weighted by atomic mass is 9.98. The van der Waals surface area contributed by atoms with Crippen molar-refractivity contribution in [3.05, 3.63) is 204 Å². The van der Waals surface area contributed by atoms with E-state index in [2.05, 4.69) is 12.2 Å². The van der Waals surface area contributed by atoms with E-state index in [1.807, 2.05) is 148 Å². The van der Waals surface area contributed by atoms with Gasteiger partial charge in [0.1, 0.15) is 23.0 Å². The molecule has 12 heteroatoms. The third kappa shape index (κ3) is 7.89. The number of aromatic hydroxyl groups is 1. The Labute approximate surface area is 372 Å². The van der Waals surface area contributed by atoms with Gasteiger partial charge in [0.2, 0.25) is 0 Å². The van der Waals surface area contributed by atoms with Crippen LogP contribution >= 0.6 is 32.5 Å². The molecule has 0 fully saturated rings. The Morgan fingerprint density at radius 3 is 1.54 bits per heavy atom. The number of aliphatic hydroxyl groups excluding tert-OH is 1. The Morgan fingerprint density at radius 2 is 0.968 bits per heavy atom. The molecule has 0 saturated carbocycles. The minimum Gasteiger partial charge on any atom is -0.507 e. The van der Waals surface area contributed by atoms with Crippen molar-refractivity contribution in [1.29, 1.82) is 0 Å². The molecule has 0 saturated heterocycles. The molecule has 5 aromatic carbocycles. The highest BCUT2D eigenvalue weighted by molar-refractivity contribution is 7.73. The van der Waals surface area contributed by atoms with E-state index in [4.69, 9.17) is 9.05 Å². The minimum absolute atomic E-state index is 0.150. The third-order valence-corrected chi connectivity index (χ3v) is 20.8. The molecule has 4 atom stereocenters. The van der Waals surface area contributed by atoms with Crippen molar-refractivity contribution in [3.63, 3.8) is 0 Å². The quantitative estimate of drug-likeness (QED) is 0.126. The molecule has 2 N–H and O–H groups in total. The summed E-state index contributed by atoms with van der Waals surface area (Å²) in [5.74, 6) is 1.53. The second-order valence-corrected chi connectivity index (χ2v) is 23.4. The molecular formula is C51H46N2O6P4. The molecule has 0 radical (unpaired) electrons. The standard InChI is InChI=1S/C51H46N2O6P4/c54-44-26-3-1-2-18-36(44)40-22-7-14-30-48(40)60-52(62(56)50-32-16-9-24-42(50)38-20-5-12-28-46(38)58-62)34-35-53(61-49-31-15-8-23-41(49)37-19-4-11-27-45(37)55)63(57)51-33-17-10-25-43(51)39-21-6-13-29-47(39)59-63/h1,3-4,7-11,14-33,54-55,60-61H,2,5-6,12-13,34-35H2. The van der Waals surface area contributed by atoms with Crippen LogP contribution in [-0.4, -0.2) is 32.2 Å². The zero-order chi connectivity index (χ0) is 43.0. The summed E-state index contributed by atoms with van der Waals surface area (Å²) >= 11 is 0. The zero-order valence-corrected chi connectivity index (χ0v) is 38.2. The van der Waals surface area contributed by atoms with Gasteiger partial charge < -0.3 is 19.3 Å². The van der Waals surface area contributed by atoms with E-state index >= 15 is 9.13 Å². The van der Waals surface area contributed by atoms with Crippen molar-refractivity contribution in [2.75, 3.05) is 13.1 Å². The van der Waals surface area contributed by atoms with E-state index in [0.717, 1.165) is 69.7 Å². The average molecular weight is 907 g/mol. The van der Waals surface area contributed by atoms with Gasteiger partial charge in [0.05, 0.1) is 10.6 Å². The van der Waals surface area contributed by atoms with Crippen LogP contribution in [0.4, 0.5) is 0 Å². The monoisotopic (exact) mass is 906 g/mol. The predicted molar refractivity (Wildman–Crippen MR) is 262 cm³/mol. The highest BCUT2D eigenvalue weighted by Crippen LogP contribution is 2.65. The molecule has 10 rings (SSSR count). The number of fused-ring (bicyclic) bond motifs is 6. The third-order valence-electron chi connectivity index (χ3n) is 11.8. The number of allylic oxidation sites excluding steroid dienone is 11. The highest BCUT2D eigenvalue weighted by Gasteiger charge is 2.47. The van der Waals surface area contributed by atoms with Crippen LogP contribution in [0.1, 0.15) is 48.8 Å². The molecular weight excluding hydrogens is 860 g/mol. The lowest BCUT2D eigenvalue weighted by Crippen LogP contribution is -2.35. The summed E-state index contributed by atoms with van der Waals surface area (Å²) in [7, 11) is -8.14. The number of phenolic OH excluding ortho intramolecular Hbond substituents is 1. The van der Waals surface area contributed by atoms with Crippen LogP contribution in [0.2, 0.25) is 0 Å². The largest absolute Gasteiger partial charge is 0.507 e. The molecule has 5 aromatic rings. The summed E-state index contributed by atoms with van der Waals surface area (Å²) < 4.78 is 50.2. The second-order valence-electron chi connectivity index (χ2n) is 15.7. The maximum Gasteiger partial charge on any atom is 0.353 e. The lowest BCUT2D eigenvalue weighted by Gasteiger charge is -2.41. The van der Waals surface area contributed by atoms with Crippen molar-refractivity contribution >= 4 is 70.4 Å². The molecule has 2 heterocycles. The Balaban J connectivity index is 1.12. The van der Waals surface area contributed by atoms with Gasteiger partial charge in [-0.25, -0.2) is 0 Å². The van der Waals surface area contributed by atoms with Crippen molar-refractivity contribution in [3.8, 4) is 16.9 Å². The number of para-hydroxylation sites is 1. The van der Waals surface area contributed by atoms with Crippen LogP contribution < -0.4 is 21.2 Å². The van der Waals surface area contributed by atoms with Crippen LogP contribution in [0.5, 0.6) is 5.75 Å². The van der Waals surface area contributed by atoms with Gasteiger partial charge in [-0.1, -0.05) is 134 Å². The Hall–Kier alpha value is -5.28. The molecule has 0 spiro atoms. The number of aliphatic hydroxyl groups is 1. The van der Waals surface area contributed by atoms with Gasteiger partial charge in [-0.2, -0.15) is 8.88 Å². The number of rotatable bonds is 11. The Morgan fingerprint density at radius 1 is 0.508 bits per heavy atom. The van der Waals surface area contributed by atoms with Crippen molar-refractivity contribution in [1.82, 2.24) is 8.88 Å². The molecule has 0 amide bonds. The van der Waals surface area contributed by atoms with E-state index < -0.39 is 15.0 Å². The first-order valence-electron chi connectivity index (χ1n) is 21.2. The summed E-state index contributed by atoms with van der Waals surface area (Å²) in [5.41, 5.74) is 6.70. The molecule has 63 heavy (non-hydrogen) atoms. The van der Waals surface area contributed by atoms with Gasteiger partial charge in [-0.3, -0.25) is 9.13 Å². The Bertz CT molecular complexity index is 2960. The highest BCUT2D eigenvalue weighted by atomic mass is 31.2. The topological polar surface area (TPSA) is 99.5 Å². The fourth-order valence-electron chi connectivity index (χ4n) is 8.76. The van der Waals surface area contributed by atoms with E-state index in [1.54, 1.807) is 18.2 Å². The molecule has 0 bridgehead atoms. The van der Waals surface area contributed by atoms with E-state index in [1.165, 1.54) is 0 Å². The van der Waals surface area contributed by atoms with Crippen molar-refractivity contribution < 1.29 is 28.4 Å². The van der Waals surface area contributed by atoms with E-state index in [-0.39, 0.29) is 42.1 Å². The van der Waals surface area contributed by atoms with Crippen LogP contribution in [0, 0.1) is 0 Å². The summed E-state index contributed by atoms with van der Waals surface area (Å²) in [5, 5.41) is 25.3. The smallest absolute Gasteiger partial charge is 0.353 e. The van der Waals surface area contributed by atoms with Crippen LogP contribution in [-0.2, 0) is 18.2 Å². The first-order chi connectivity index (χ1) is 30.8. The fraction of sp³-hybridized carbons (Fsp3) is 0.137. The molecule has 0 aromatic heterocycles. The Kier molecular flexibility index (Phi) is 11.7. The molecule has 316 valence electrons. The second kappa shape index (κ2) is 17.7. The van der Waals surface area contributed by atoms with E-state index in [0.29, 0.717) is 39.7 Å². The van der Waals surface area contributed by atoms with Crippen LogP contribution in [0.15, 0.2) is 187 Å². The van der Waals surface area contributed by atoms with Crippen LogP contribution in [0.3, 0.4) is 0 Å². The summed E-state index contributed by atoms with van der Waals surface area (Å²) in [6.07, 6.45) is 19.9. The summed E-state index contributed by atoms with van der Waals surface area (Å²) in [6, 6.07) is 38.7. The maximum absolute atomic E-state index is 16.3. The van der Waals surface area contributed by atoms with Gasteiger partial charge in [0.25, 0.3) is 0 Å². The van der Waals surface area contributed by atoms with Gasteiger partial charge >= 0.3 is 15.0 Å². The summed E-state index contributed by atoms with van der Waals surface area (Å²) in [6.45, 7) is 0.353. The predicted octanol–water partition coefficient (Wildman–Crippen LogP) is 11.8. The van der Waals surface area contributed by atoms with E-state index in [9.17, 15) is 10.2 Å². The summed E-state index contributed by atoms with van der Waals surface area (Å²) in [4.78, 5) is 0. The van der Waals surface area contributed by atoms with Gasteiger partial charge in [-0.05, 0) is 108 Å². The first kappa shape index (κ1) is 41.7. The van der Waals surface area contributed by atoms with Gasteiger partial charge in [0.15, 0.2) is 0 Å². The van der Waals surface area contributed by atoms with Crippen LogP contribution in [0.25, 0.3) is 27.8 Å². The van der Waals surface area contributed by atoms with Crippen molar-refractivity contribution in [2.24, 2.45) is 0 Å². The van der Waals surface area contributed by atoms with Gasteiger partial charge in [-0.15, -0.1) is 0 Å². The normalized spacial score (nSPS) is 21.5. The first-order valence-corrected chi connectivity index (χ1v) is 26.3. The molecule has 2 aliphatic heterocycles. The number of nitrogens with zero attached hydrogens (tertiary/aromatic N) is 2. The number of benzene rings is 5. The number of hydrogen-bond donors (Lipinski definition) is 2. The molecule has 8 nitrogen and oxygen atoms in total.